The molecule has 4 rings (SSSR count). The van der Waals surface area contributed by atoms with Crippen molar-refractivity contribution in [3.8, 4) is 11.5 Å². The minimum absolute atomic E-state index is 0.0371. The molecule has 1 aliphatic rings. The predicted molar refractivity (Wildman–Crippen MR) is 102 cm³/mol. The van der Waals surface area contributed by atoms with Crippen LogP contribution in [0.2, 0.25) is 5.02 Å². The number of carbonyl (C=O) groups excluding carboxylic acids is 3. The highest BCUT2D eigenvalue weighted by Crippen LogP contribution is 2.33. The number of halogens is 1. The summed E-state index contributed by atoms with van der Waals surface area (Å²) < 4.78 is 10.7. The molecule has 3 aromatic carbocycles. The molecule has 0 N–H and O–H groups in total. The highest BCUT2D eigenvalue weighted by Gasteiger charge is 2.32. The lowest BCUT2D eigenvalue weighted by Gasteiger charge is -2.19. The Labute approximate surface area is 165 Å². The molecule has 0 aromatic heterocycles. The molecule has 0 atom stereocenters. The number of esters is 1. The average Bonchev–Trinajstić information content (AvgIpc) is 2.71. The SMILES string of the molecule is O=C(COc1ccc(Cl)cc1)Oc1cccc2c1C(=O)c1ccccc1C2=O. The van der Waals surface area contributed by atoms with Crippen molar-refractivity contribution in [3.63, 3.8) is 0 Å². The van der Waals surface area contributed by atoms with Crippen LogP contribution < -0.4 is 9.47 Å². The van der Waals surface area contributed by atoms with E-state index in [9.17, 15) is 14.4 Å². The number of hydrogen-bond acceptors (Lipinski definition) is 5. The zero-order valence-electron chi connectivity index (χ0n) is 14.5. The Bertz CT molecular complexity index is 1100. The summed E-state index contributed by atoms with van der Waals surface area (Å²) in [5, 5.41) is 0.550. The molecule has 0 amide bonds. The van der Waals surface area contributed by atoms with Gasteiger partial charge in [0, 0.05) is 21.7 Å². The van der Waals surface area contributed by atoms with Crippen molar-refractivity contribution in [2.75, 3.05) is 6.61 Å². The van der Waals surface area contributed by atoms with Gasteiger partial charge >= 0.3 is 5.97 Å². The standard InChI is InChI=1S/C22H13ClO5/c23-13-8-10-14(11-9-13)27-12-19(24)28-18-7-3-6-17-20(18)22(26)16-5-2-1-4-15(16)21(17)25/h1-11H,12H2. The molecule has 0 spiro atoms. The van der Waals surface area contributed by atoms with Gasteiger partial charge in [-0.15, -0.1) is 0 Å². The Morgan fingerprint density at radius 3 is 2.14 bits per heavy atom. The van der Waals surface area contributed by atoms with Crippen LogP contribution >= 0.6 is 11.6 Å². The minimum atomic E-state index is -0.692. The number of hydrogen-bond donors (Lipinski definition) is 0. The molecular formula is C22H13ClO5. The topological polar surface area (TPSA) is 69.7 Å². The summed E-state index contributed by atoms with van der Waals surface area (Å²) in [4.78, 5) is 37.8. The summed E-state index contributed by atoms with van der Waals surface area (Å²) in [6.45, 7) is -0.357. The van der Waals surface area contributed by atoms with Crippen LogP contribution in [0.25, 0.3) is 0 Å². The Morgan fingerprint density at radius 2 is 1.43 bits per heavy atom. The molecule has 3 aromatic rings. The summed E-state index contributed by atoms with van der Waals surface area (Å²) >= 11 is 5.80. The van der Waals surface area contributed by atoms with Gasteiger partial charge in [-0.1, -0.05) is 48.0 Å². The van der Waals surface area contributed by atoms with E-state index in [2.05, 4.69) is 0 Å². The molecule has 5 nitrogen and oxygen atoms in total. The van der Waals surface area contributed by atoms with Crippen molar-refractivity contribution in [3.05, 3.63) is 94.0 Å². The molecule has 0 radical (unpaired) electrons. The molecule has 0 fully saturated rings. The molecule has 0 heterocycles. The summed E-state index contributed by atoms with van der Waals surface area (Å²) in [7, 11) is 0. The summed E-state index contributed by atoms with van der Waals surface area (Å²) in [5.74, 6) is -0.832. The summed E-state index contributed by atoms with van der Waals surface area (Å²) in [5.41, 5.74) is 0.939. The van der Waals surface area contributed by atoms with Gasteiger partial charge in [0.05, 0.1) is 5.56 Å². The van der Waals surface area contributed by atoms with Crippen LogP contribution in [-0.2, 0) is 4.79 Å². The maximum Gasteiger partial charge on any atom is 0.349 e. The van der Waals surface area contributed by atoms with Crippen molar-refractivity contribution < 1.29 is 23.9 Å². The zero-order chi connectivity index (χ0) is 19.7. The van der Waals surface area contributed by atoms with E-state index >= 15 is 0 Å². The first-order valence-corrected chi connectivity index (χ1v) is 8.83. The summed E-state index contributed by atoms with van der Waals surface area (Å²) in [6.07, 6.45) is 0. The number of carbonyl (C=O) groups is 3. The van der Waals surface area contributed by atoms with Crippen molar-refractivity contribution in [1.82, 2.24) is 0 Å². The van der Waals surface area contributed by atoms with Gasteiger partial charge in [0.2, 0.25) is 0 Å². The minimum Gasteiger partial charge on any atom is -0.482 e. The fourth-order valence-corrected chi connectivity index (χ4v) is 3.15. The first kappa shape index (κ1) is 17.9. The van der Waals surface area contributed by atoms with Crippen molar-refractivity contribution in [2.24, 2.45) is 0 Å². The van der Waals surface area contributed by atoms with Crippen molar-refractivity contribution in [2.45, 2.75) is 0 Å². The number of ketones is 2. The lowest BCUT2D eigenvalue weighted by atomic mass is 9.83. The van der Waals surface area contributed by atoms with E-state index in [0.717, 1.165) is 0 Å². The maximum absolute atomic E-state index is 12.9. The normalized spacial score (nSPS) is 12.2. The Kier molecular flexibility index (Phi) is 4.67. The van der Waals surface area contributed by atoms with Crippen LogP contribution in [0.5, 0.6) is 11.5 Å². The van der Waals surface area contributed by atoms with E-state index in [4.69, 9.17) is 21.1 Å². The predicted octanol–water partition coefficient (Wildman–Crippen LogP) is 4.10. The zero-order valence-corrected chi connectivity index (χ0v) is 15.2. The van der Waals surface area contributed by atoms with Gasteiger partial charge in [0.15, 0.2) is 18.2 Å². The number of fused-ring (bicyclic) bond motifs is 2. The van der Waals surface area contributed by atoms with E-state index in [-0.39, 0.29) is 35.0 Å². The second-order valence-electron chi connectivity index (χ2n) is 6.10. The van der Waals surface area contributed by atoms with E-state index in [1.165, 1.54) is 6.07 Å². The largest absolute Gasteiger partial charge is 0.482 e. The Balaban J connectivity index is 1.56. The van der Waals surface area contributed by atoms with Crippen LogP contribution in [0.15, 0.2) is 66.7 Å². The number of rotatable bonds is 4. The average molecular weight is 393 g/mol. The van der Waals surface area contributed by atoms with Crippen LogP contribution in [0.1, 0.15) is 31.8 Å². The number of benzene rings is 3. The molecule has 0 bridgehead atoms. The van der Waals surface area contributed by atoms with E-state index in [1.807, 2.05) is 0 Å². The lowest BCUT2D eigenvalue weighted by molar-refractivity contribution is -0.136. The maximum atomic E-state index is 12.9. The molecule has 0 unspecified atom stereocenters. The van der Waals surface area contributed by atoms with Gasteiger partial charge in [-0.2, -0.15) is 0 Å². The molecule has 0 saturated heterocycles. The first-order chi connectivity index (χ1) is 13.5. The van der Waals surface area contributed by atoms with Crippen LogP contribution in [-0.4, -0.2) is 24.1 Å². The molecule has 0 saturated carbocycles. The molecular weight excluding hydrogens is 380 g/mol. The first-order valence-electron chi connectivity index (χ1n) is 8.45. The lowest BCUT2D eigenvalue weighted by Crippen LogP contribution is -2.24. The van der Waals surface area contributed by atoms with E-state index < -0.39 is 5.97 Å². The van der Waals surface area contributed by atoms with Crippen LogP contribution in [0, 0.1) is 0 Å². The Morgan fingerprint density at radius 1 is 0.786 bits per heavy atom. The quantitative estimate of drug-likeness (QED) is 0.386. The van der Waals surface area contributed by atoms with Gasteiger partial charge < -0.3 is 9.47 Å². The fourth-order valence-electron chi connectivity index (χ4n) is 3.02. The van der Waals surface area contributed by atoms with Gasteiger partial charge in [-0.3, -0.25) is 9.59 Å². The molecule has 0 aliphatic heterocycles. The van der Waals surface area contributed by atoms with Gasteiger partial charge in [0.1, 0.15) is 11.5 Å². The molecule has 138 valence electrons. The van der Waals surface area contributed by atoms with Crippen LogP contribution in [0.4, 0.5) is 0 Å². The highest BCUT2D eigenvalue weighted by molar-refractivity contribution is 6.30. The van der Waals surface area contributed by atoms with Crippen molar-refractivity contribution in [1.29, 1.82) is 0 Å². The third-order valence-corrected chi connectivity index (χ3v) is 4.56. The highest BCUT2D eigenvalue weighted by atomic mass is 35.5. The fraction of sp³-hybridized carbons (Fsp3) is 0.0455. The van der Waals surface area contributed by atoms with Gasteiger partial charge in [-0.05, 0) is 30.3 Å². The molecule has 1 aliphatic carbocycles. The smallest absolute Gasteiger partial charge is 0.349 e. The third-order valence-electron chi connectivity index (χ3n) is 4.31. The van der Waals surface area contributed by atoms with E-state index in [1.54, 1.807) is 60.7 Å². The van der Waals surface area contributed by atoms with E-state index in [0.29, 0.717) is 21.9 Å². The van der Waals surface area contributed by atoms with Gasteiger partial charge in [0.25, 0.3) is 0 Å². The monoisotopic (exact) mass is 392 g/mol. The van der Waals surface area contributed by atoms with Crippen molar-refractivity contribution >= 4 is 29.1 Å². The van der Waals surface area contributed by atoms with Crippen LogP contribution in [0.3, 0.4) is 0 Å². The number of ether oxygens (including phenoxy) is 2. The second-order valence-corrected chi connectivity index (χ2v) is 6.54. The van der Waals surface area contributed by atoms with Gasteiger partial charge in [-0.25, -0.2) is 4.79 Å². The third kappa shape index (κ3) is 3.28. The summed E-state index contributed by atoms with van der Waals surface area (Å²) in [6, 6.07) is 17.7. The second kappa shape index (κ2) is 7.29. The molecule has 6 heteroatoms. The molecule has 28 heavy (non-hydrogen) atoms. The Hall–Kier alpha value is -3.44.